The SMILES string of the molecule is COc1ccc(CC(C#N)C(=O)NN)cc1. The number of hydrazine groups is 1. The number of nitrogens with one attached hydrogen (secondary N) is 1. The van der Waals surface area contributed by atoms with Crippen molar-refractivity contribution in [2.45, 2.75) is 6.42 Å². The molecule has 0 aliphatic rings. The Morgan fingerprint density at radius 3 is 2.62 bits per heavy atom. The largest absolute Gasteiger partial charge is 0.497 e. The van der Waals surface area contributed by atoms with Gasteiger partial charge in [0.25, 0.3) is 5.91 Å². The first-order chi connectivity index (χ1) is 7.71. The van der Waals surface area contributed by atoms with Crippen molar-refractivity contribution < 1.29 is 9.53 Å². The van der Waals surface area contributed by atoms with Crippen LogP contribution in [-0.2, 0) is 11.2 Å². The number of rotatable bonds is 4. The highest BCUT2D eigenvalue weighted by atomic mass is 16.5. The van der Waals surface area contributed by atoms with Crippen LogP contribution in [0.2, 0.25) is 0 Å². The van der Waals surface area contributed by atoms with Crippen LogP contribution < -0.4 is 16.0 Å². The summed E-state index contributed by atoms with van der Waals surface area (Å²) in [5.74, 6) is 4.47. The van der Waals surface area contributed by atoms with Gasteiger partial charge in [-0.05, 0) is 24.1 Å². The number of hydrogen-bond acceptors (Lipinski definition) is 4. The van der Waals surface area contributed by atoms with Gasteiger partial charge in [-0.3, -0.25) is 10.2 Å². The molecule has 0 aromatic heterocycles. The molecule has 0 bridgehead atoms. The smallest absolute Gasteiger partial charge is 0.251 e. The first kappa shape index (κ1) is 12.0. The molecule has 0 aliphatic carbocycles. The number of hydrogen-bond donors (Lipinski definition) is 2. The molecule has 1 amide bonds. The summed E-state index contributed by atoms with van der Waals surface area (Å²) in [4.78, 5) is 11.2. The monoisotopic (exact) mass is 219 g/mol. The highest BCUT2D eigenvalue weighted by molar-refractivity contribution is 5.80. The van der Waals surface area contributed by atoms with Gasteiger partial charge in [-0.15, -0.1) is 0 Å². The van der Waals surface area contributed by atoms with Crippen LogP contribution in [0, 0.1) is 17.2 Å². The molecule has 1 atom stereocenters. The van der Waals surface area contributed by atoms with Crippen molar-refractivity contribution >= 4 is 5.91 Å². The van der Waals surface area contributed by atoms with Gasteiger partial charge in [0.1, 0.15) is 11.7 Å². The maximum atomic E-state index is 11.2. The number of benzene rings is 1. The fraction of sp³-hybridized carbons (Fsp3) is 0.273. The van der Waals surface area contributed by atoms with Crippen LogP contribution in [0.3, 0.4) is 0 Å². The van der Waals surface area contributed by atoms with Gasteiger partial charge in [0.05, 0.1) is 13.2 Å². The molecule has 0 saturated carbocycles. The number of nitriles is 1. The van der Waals surface area contributed by atoms with Crippen LogP contribution in [0.15, 0.2) is 24.3 Å². The lowest BCUT2D eigenvalue weighted by atomic mass is 10.00. The maximum Gasteiger partial charge on any atom is 0.251 e. The average molecular weight is 219 g/mol. The van der Waals surface area contributed by atoms with E-state index in [-0.39, 0.29) is 0 Å². The maximum absolute atomic E-state index is 11.2. The van der Waals surface area contributed by atoms with E-state index in [4.69, 9.17) is 15.8 Å². The minimum absolute atomic E-state index is 0.337. The van der Waals surface area contributed by atoms with E-state index >= 15 is 0 Å². The number of amides is 1. The van der Waals surface area contributed by atoms with E-state index < -0.39 is 11.8 Å². The Balaban J connectivity index is 2.71. The van der Waals surface area contributed by atoms with Gasteiger partial charge in [0, 0.05) is 0 Å². The Hall–Kier alpha value is -2.06. The molecule has 84 valence electrons. The van der Waals surface area contributed by atoms with E-state index in [1.54, 1.807) is 19.2 Å². The topological polar surface area (TPSA) is 88.1 Å². The Labute approximate surface area is 93.8 Å². The summed E-state index contributed by atoms with van der Waals surface area (Å²) >= 11 is 0. The third-order valence-electron chi connectivity index (χ3n) is 2.21. The minimum atomic E-state index is -0.765. The molecule has 1 unspecified atom stereocenters. The Kier molecular flexibility index (Phi) is 4.30. The van der Waals surface area contributed by atoms with Gasteiger partial charge < -0.3 is 4.74 Å². The number of ether oxygens (including phenoxy) is 1. The van der Waals surface area contributed by atoms with Gasteiger partial charge in [-0.2, -0.15) is 5.26 Å². The van der Waals surface area contributed by atoms with Crippen molar-refractivity contribution in [1.29, 1.82) is 5.26 Å². The Morgan fingerprint density at radius 1 is 1.56 bits per heavy atom. The first-order valence-electron chi connectivity index (χ1n) is 4.74. The van der Waals surface area contributed by atoms with Gasteiger partial charge in [-0.1, -0.05) is 12.1 Å². The third-order valence-corrected chi connectivity index (χ3v) is 2.21. The lowest BCUT2D eigenvalue weighted by molar-refractivity contribution is -0.123. The van der Waals surface area contributed by atoms with Crippen LogP contribution >= 0.6 is 0 Å². The summed E-state index contributed by atoms with van der Waals surface area (Å²) in [5, 5.41) is 8.80. The zero-order valence-electron chi connectivity index (χ0n) is 8.93. The second-order valence-electron chi connectivity index (χ2n) is 3.24. The molecule has 1 aromatic carbocycles. The Morgan fingerprint density at radius 2 is 2.19 bits per heavy atom. The van der Waals surface area contributed by atoms with Gasteiger partial charge in [0.15, 0.2) is 0 Å². The van der Waals surface area contributed by atoms with Crippen molar-refractivity contribution in [3.05, 3.63) is 29.8 Å². The average Bonchev–Trinajstić information content (AvgIpc) is 2.35. The van der Waals surface area contributed by atoms with Crippen molar-refractivity contribution in [2.75, 3.05) is 7.11 Å². The molecule has 0 fully saturated rings. The second kappa shape index (κ2) is 5.73. The summed E-state index contributed by atoms with van der Waals surface area (Å²) in [6, 6.07) is 9.10. The van der Waals surface area contributed by atoms with E-state index in [2.05, 4.69) is 0 Å². The quantitative estimate of drug-likeness (QED) is 0.435. The molecule has 1 aromatic rings. The number of nitrogens with two attached hydrogens (primary N) is 1. The van der Waals surface area contributed by atoms with Crippen LogP contribution in [0.25, 0.3) is 0 Å². The molecule has 5 heteroatoms. The normalized spacial score (nSPS) is 11.3. The molecule has 0 saturated heterocycles. The van der Waals surface area contributed by atoms with E-state index in [1.165, 1.54) is 0 Å². The summed E-state index contributed by atoms with van der Waals surface area (Å²) in [6.07, 6.45) is 0.337. The standard InChI is InChI=1S/C11H13N3O2/c1-16-10-4-2-8(3-5-10)6-9(7-12)11(15)14-13/h2-5,9H,6,13H2,1H3,(H,14,15). The highest BCUT2D eigenvalue weighted by Crippen LogP contribution is 2.14. The van der Waals surface area contributed by atoms with Crippen molar-refractivity contribution in [3.63, 3.8) is 0 Å². The van der Waals surface area contributed by atoms with E-state index in [9.17, 15) is 4.79 Å². The fourth-order valence-electron chi connectivity index (χ4n) is 1.29. The fourth-order valence-corrected chi connectivity index (χ4v) is 1.29. The molecule has 0 heterocycles. The number of carbonyl (C=O) groups excluding carboxylic acids is 1. The van der Waals surface area contributed by atoms with Gasteiger partial charge in [-0.25, -0.2) is 5.84 Å². The summed E-state index contributed by atoms with van der Waals surface area (Å²) < 4.78 is 5.00. The predicted molar refractivity (Wildman–Crippen MR) is 58.1 cm³/mol. The van der Waals surface area contributed by atoms with Gasteiger partial charge >= 0.3 is 0 Å². The Bertz CT molecular complexity index is 395. The first-order valence-corrected chi connectivity index (χ1v) is 4.74. The molecule has 5 nitrogen and oxygen atoms in total. The van der Waals surface area contributed by atoms with E-state index in [0.717, 1.165) is 11.3 Å². The molecule has 0 spiro atoms. The lowest BCUT2D eigenvalue weighted by Gasteiger charge is -2.07. The molecular weight excluding hydrogens is 206 g/mol. The molecule has 3 N–H and O–H groups in total. The van der Waals surface area contributed by atoms with E-state index in [1.807, 2.05) is 23.6 Å². The molecule has 0 radical (unpaired) electrons. The molecule has 16 heavy (non-hydrogen) atoms. The van der Waals surface area contributed by atoms with Crippen LogP contribution in [-0.4, -0.2) is 13.0 Å². The lowest BCUT2D eigenvalue weighted by Crippen LogP contribution is -2.36. The number of carbonyl (C=O) groups is 1. The van der Waals surface area contributed by atoms with Crippen LogP contribution in [0.5, 0.6) is 5.75 Å². The van der Waals surface area contributed by atoms with Crippen molar-refractivity contribution in [2.24, 2.45) is 11.8 Å². The summed E-state index contributed by atoms with van der Waals surface area (Å²) in [6.45, 7) is 0. The minimum Gasteiger partial charge on any atom is -0.497 e. The summed E-state index contributed by atoms with van der Waals surface area (Å²) in [7, 11) is 1.58. The molecule has 0 aliphatic heterocycles. The van der Waals surface area contributed by atoms with Gasteiger partial charge in [0.2, 0.25) is 0 Å². The highest BCUT2D eigenvalue weighted by Gasteiger charge is 2.16. The zero-order chi connectivity index (χ0) is 12.0. The number of methoxy groups -OCH3 is 1. The predicted octanol–water partition coefficient (Wildman–Crippen LogP) is 0.367. The zero-order valence-corrected chi connectivity index (χ0v) is 8.93. The van der Waals surface area contributed by atoms with Crippen LogP contribution in [0.1, 0.15) is 5.56 Å². The number of nitrogens with zero attached hydrogens (tertiary/aromatic N) is 1. The van der Waals surface area contributed by atoms with Crippen molar-refractivity contribution in [1.82, 2.24) is 5.43 Å². The van der Waals surface area contributed by atoms with Crippen molar-refractivity contribution in [3.8, 4) is 11.8 Å². The van der Waals surface area contributed by atoms with E-state index in [0.29, 0.717) is 6.42 Å². The molecule has 1 rings (SSSR count). The van der Waals surface area contributed by atoms with Crippen LogP contribution in [0.4, 0.5) is 0 Å². The summed E-state index contributed by atoms with van der Waals surface area (Å²) in [5.41, 5.74) is 2.86. The molecular formula is C11H13N3O2. The third kappa shape index (κ3) is 2.97. The second-order valence-corrected chi connectivity index (χ2v) is 3.24.